The van der Waals surface area contributed by atoms with Crippen LogP contribution in [0.25, 0.3) is 0 Å². The first-order valence-electron chi connectivity index (χ1n) is 8.87. The largest absolute Gasteiger partial charge is 0.467 e. The molecule has 1 heterocycles. The van der Waals surface area contributed by atoms with E-state index in [4.69, 9.17) is 4.74 Å². The molecule has 0 bridgehead atoms. The van der Waals surface area contributed by atoms with Crippen LogP contribution in [-0.4, -0.2) is 37.0 Å². The highest BCUT2D eigenvalue weighted by Gasteiger charge is 2.36. The zero-order valence-corrected chi connectivity index (χ0v) is 15.1. The zero-order valence-electron chi connectivity index (χ0n) is 15.1. The van der Waals surface area contributed by atoms with Gasteiger partial charge in [-0.05, 0) is 17.5 Å². The van der Waals surface area contributed by atoms with Crippen LogP contribution in [-0.2, 0) is 19.1 Å². The highest BCUT2D eigenvalue weighted by molar-refractivity contribution is 5.93. The maximum atomic E-state index is 12.7. The molecule has 2 N–H and O–H groups in total. The molecule has 6 heteroatoms. The summed E-state index contributed by atoms with van der Waals surface area (Å²) < 4.78 is 4.98. The van der Waals surface area contributed by atoms with E-state index in [1.54, 1.807) is 0 Å². The van der Waals surface area contributed by atoms with E-state index in [1.165, 1.54) is 7.11 Å². The number of hydrogen-bond acceptors (Lipinski definition) is 4. The van der Waals surface area contributed by atoms with Crippen LogP contribution in [0.5, 0.6) is 0 Å². The van der Waals surface area contributed by atoms with Crippen molar-refractivity contribution in [3.63, 3.8) is 0 Å². The molecule has 0 spiro atoms. The third-order valence-electron chi connectivity index (χ3n) is 4.72. The maximum Gasteiger partial charge on any atom is 0.329 e. The summed E-state index contributed by atoms with van der Waals surface area (Å²) in [6, 6.07) is 17.5. The van der Waals surface area contributed by atoms with Gasteiger partial charge in [-0.3, -0.25) is 9.59 Å². The number of carbonyl (C=O) groups is 3. The first-order valence-corrected chi connectivity index (χ1v) is 8.87. The number of nitrogens with one attached hydrogen (secondary N) is 2. The van der Waals surface area contributed by atoms with Crippen molar-refractivity contribution in [2.45, 2.75) is 30.8 Å². The molecule has 27 heavy (non-hydrogen) atoms. The van der Waals surface area contributed by atoms with Gasteiger partial charge in [0.25, 0.3) is 0 Å². The first kappa shape index (κ1) is 18.6. The summed E-state index contributed by atoms with van der Waals surface area (Å²) in [5, 5.41) is 5.43. The lowest BCUT2D eigenvalue weighted by Crippen LogP contribution is -2.51. The minimum atomic E-state index is -0.912. The molecule has 0 saturated carbocycles. The lowest BCUT2D eigenvalue weighted by molar-refractivity contribution is -0.145. The Bertz CT molecular complexity index is 768. The third-order valence-corrected chi connectivity index (χ3v) is 4.72. The Morgan fingerprint density at radius 1 is 1.04 bits per heavy atom. The third kappa shape index (κ3) is 4.34. The van der Waals surface area contributed by atoms with E-state index in [-0.39, 0.29) is 11.8 Å². The van der Waals surface area contributed by atoms with E-state index in [9.17, 15) is 14.4 Å². The SMILES string of the molecule is COC(=O)[C@@H](NC(=O)[C@@H]1CCC(=O)N1)C(c1ccccc1)c1ccccc1. The molecule has 0 radical (unpaired) electrons. The van der Waals surface area contributed by atoms with Gasteiger partial charge in [-0.25, -0.2) is 4.79 Å². The molecule has 2 aromatic carbocycles. The fraction of sp³-hybridized carbons (Fsp3) is 0.286. The average Bonchev–Trinajstić information content (AvgIpc) is 3.15. The molecule has 1 saturated heterocycles. The number of carbonyl (C=O) groups excluding carboxylic acids is 3. The van der Waals surface area contributed by atoms with Crippen LogP contribution in [0, 0.1) is 0 Å². The van der Waals surface area contributed by atoms with Crippen LogP contribution in [0.4, 0.5) is 0 Å². The number of rotatable bonds is 6. The summed E-state index contributed by atoms with van der Waals surface area (Å²) in [6.45, 7) is 0. The van der Waals surface area contributed by atoms with Crippen molar-refractivity contribution in [2.24, 2.45) is 0 Å². The number of ether oxygens (including phenoxy) is 1. The molecule has 2 amide bonds. The van der Waals surface area contributed by atoms with Crippen LogP contribution in [0.15, 0.2) is 60.7 Å². The predicted octanol–water partition coefficient (Wildman–Crippen LogP) is 1.75. The fourth-order valence-corrected chi connectivity index (χ4v) is 3.37. The second kappa shape index (κ2) is 8.49. The summed E-state index contributed by atoms with van der Waals surface area (Å²) in [5.41, 5.74) is 1.77. The van der Waals surface area contributed by atoms with Gasteiger partial charge in [0.1, 0.15) is 12.1 Å². The second-order valence-corrected chi connectivity index (χ2v) is 6.47. The summed E-state index contributed by atoms with van der Waals surface area (Å²) in [7, 11) is 1.30. The first-order chi connectivity index (χ1) is 13.1. The van der Waals surface area contributed by atoms with Crippen LogP contribution in [0.3, 0.4) is 0 Å². The van der Waals surface area contributed by atoms with Gasteiger partial charge in [0.05, 0.1) is 7.11 Å². The Morgan fingerprint density at radius 3 is 2.04 bits per heavy atom. The van der Waals surface area contributed by atoms with Crippen molar-refractivity contribution in [1.29, 1.82) is 0 Å². The standard InChI is InChI=1S/C21H22N2O4/c1-27-21(26)19(23-20(25)16-12-13-17(24)22-16)18(14-8-4-2-5-9-14)15-10-6-3-7-11-15/h2-11,16,18-19H,12-13H2,1H3,(H,22,24)(H,23,25)/t16-,19-/m0/s1. The fourth-order valence-electron chi connectivity index (χ4n) is 3.37. The molecule has 2 aromatic rings. The molecule has 1 aliphatic heterocycles. The molecule has 1 fully saturated rings. The van der Waals surface area contributed by atoms with Crippen molar-refractivity contribution in [2.75, 3.05) is 7.11 Å². The van der Waals surface area contributed by atoms with Gasteiger partial charge in [-0.2, -0.15) is 0 Å². The number of benzene rings is 2. The van der Waals surface area contributed by atoms with Gasteiger partial charge in [0, 0.05) is 12.3 Å². The average molecular weight is 366 g/mol. The highest BCUT2D eigenvalue weighted by Crippen LogP contribution is 2.29. The van der Waals surface area contributed by atoms with Gasteiger partial charge >= 0.3 is 5.97 Å². The van der Waals surface area contributed by atoms with Crippen LogP contribution < -0.4 is 10.6 Å². The van der Waals surface area contributed by atoms with E-state index in [1.807, 2.05) is 60.7 Å². The summed E-state index contributed by atoms with van der Waals surface area (Å²) in [5.74, 6) is -1.49. The molecule has 0 aromatic heterocycles. The van der Waals surface area contributed by atoms with E-state index in [0.29, 0.717) is 12.8 Å². The molecular weight excluding hydrogens is 344 g/mol. The summed E-state index contributed by atoms with van der Waals surface area (Å²) in [4.78, 5) is 36.7. The molecule has 3 rings (SSSR count). The lowest BCUT2D eigenvalue weighted by Gasteiger charge is -2.28. The molecule has 6 nitrogen and oxygen atoms in total. The Balaban J connectivity index is 1.95. The van der Waals surface area contributed by atoms with Gasteiger partial charge in [-0.1, -0.05) is 60.7 Å². The molecular formula is C21H22N2O4. The molecule has 2 atom stereocenters. The van der Waals surface area contributed by atoms with Crippen molar-refractivity contribution in [3.05, 3.63) is 71.8 Å². The topological polar surface area (TPSA) is 84.5 Å². The number of amides is 2. The van der Waals surface area contributed by atoms with E-state index >= 15 is 0 Å². The van der Waals surface area contributed by atoms with Gasteiger partial charge in [0.15, 0.2) is 0 Å². The minimum absolute atomic E-state index is 0.160. The number of esters is 1. The number of methoxy groups -OCH3 is 1. The van der Waals surface area contributed by atoms with Gasteiger partial charge in [-0.15, -0.1) is 0 Å². The molecule has 0 aliphatic carbocycles. The van der Waals surface area contributed by atoms with Crippen molar-refractivity contribution in [3.8, 4) is 0 Å². The van der Waals surface area contributed by atoms with Crippen LogP contribution in [0.1, 0.15) is 29.9 Å². The molecule has 1 aliphatic rings. The van der Waals surface area contributed by atoms with E-state index in [0.717, 1.165) is 11.1 Å². The monoisotopic (exact) mass is 366 g/mol. The molecule has 140 valence electrons. The quantitative estimate of drug-likeness (QED) is 0.763. The summed E-state index contributed by atoms with van der Waals surface area (Å²) in [6.07, 6.45) is 0.724. The highest BCUT2D eigenvalue weighted by atomic mass is 16.5. The Labute approximate surface area is 157 Å². The Hall–Kier alpha value is -3.15. The van der Waals surface area contributed by atoms with Crippen molar-refractivity contribution in [1.82, 2.24) is 10.6 Å². The maximum absolute atomic E-state index is 12.7. The number of hydrogen-bond donors (Lipinski definition) is 2. The lowest BCUT2D eigenvalue weighted by atomic mass is 9.84. The molecule has 0 unspecified atom stereocenters. The summed E-state index contributed by atoms with van der Waals surface area (Å²) >= 11 is 0. The van der Waals surface area contributed by atoms with Crippen molar-refractivity contribution < 1.29 is 19.1 Å². The van der Waals surface area contributed by atoms with Crippen LogP contribution >= 0.6 is 0 Å². The Kier molecular flexibility index (Phi) is 5.86. The second-order valence-electron chi connectivity index (χ2n) is 6.47. The normalized spacial score (nSPS) is 17.3. The predicted molar refractivity (Wildman–Crippen MR) is 99.8 cm³/mol. The van der Waals surface area contributed by atoms with Gasteiger partial charge in [0.2, 0.25) is 11.8 Å². The van der Waals surface area contributed by atoms with E-state index < -0.39 is 24.0 Å². The van der Waals surface area contributed by atoms with Gasteiger partial charge < -0.3 is 15.4 Å². The van der Waals surface area contributed by atoms with E-state index in [2.05, 4.69) is 10.6 Å². The van der Waals surface area contributed by atoms with Crippen LogP contribution in [0.2, 0.25) is 0 Å². The van der Waals surface area contributed by atoms with Crippen molar-refractivity contribution >= 4 is 17.8 Å². The zero-order chi connectivity index (χ0) is 19.2. The minimum Gasteiger partial charge on any atom is -0.467 e. The smallest absolute Gasteiger partial charge is 0.329 e. The Morgan fingerprint density at radius 2 is 1.59 bits per heavy atom.